The second kappa shape index (κ2) is 7.02. The van der Waals surface area contributed by atoms with Crippen molar-refractivity contribution in [2.75, 3.05) is 11.9 Å². The number of hydrogen-bond acceptors (Lipinski definition) is 4. The van der Waals surface area contributed by atoms with Gasteiger partial charge in [0.25, 0.3) is 5.91 Å². The van der Waals surface area contributed by atoms with E-state index < -0.39 is 10.0 Å². The summed E-state index contributed by atoms with van der Waals surface area (Å²) >= 11 is 0. The van der Waals surface area contributed by atoms with Gasteiger partial charge in [-0.2, -0.15) is 0 Å². The van der Waals surface area contributed by atoms with Gasteiger partial charge in [-0.1, -0.05) is 18.2 Å². The van der Waals surface area contributed by atoms with Crippen LogP contribution >= 0.6 is 0 Å². The molecule has 1 amide bonds. The Morgan fingerprint density at radius 1 is 1.08 bits per heavy atom. The van der Waals surface area contributed by atoms with Gasteiger partial charge >= 0.3 is 0 Å². The number of carbonyl (C=O) groups is 1. The maximum Gasteiger partial charge on any atom is 0.262 e. The molecule has 0 atom stereocenters. The van der Waals surface area contributed by atoms with E-state index in [4.69, 9.17) is 9.88 Å². The van der Waals surface area contributed by atoms with E-state index >= 15 is 0 Å². The summed E-state index contributed by atoms with van der Waals surface area (Å²) in [6.45, 7) is 5.29. The number of hydrogen-bond donors (Lipinski definition) is 2. The van der Waals surface area contributed by atoms with Gasteiger partial charge in [-0.25, -0.2) is 13.6 Å². The number of rotatable bonds is 5. The topological polar surface area (TPSA) is 98.5 Å². The summed E-state index contributed by atoms with van der Waals surface area (Å²) in [6, 6.07) is 10.3. The van der Waals surface area contributed by atoms with Crippen LogP contribution in [-0.4, -0.2) is 20.9 Å². The zero-order chi connectivity index (χ0) is 17.9. The van der Waals surface area contributed by atoms with Crippen LogP contribution < -0.4 is 15.2 Å². The number of amides is 1. The van der Waals surface area contributed by atoms with Crippen LogP contribution in [0.1, 0.15) is 16.7 Å². The minimum atomic E-state index is -3.84. The van der Waals surface area contributed by atoms with Crippen molar-refractivity contribution in [3.63, 3.8) is 0 Å². The number of carbonyl (C=O) groups excluding carboxylic acids is 1. The highest BCUT2D eigenvalue weighted by Gasteiger charge is 2.13. The summed E-state index contributed by atoms with van der Waals surface area (Å²) in [5, 5.41) is 7.76. The van der Waals surface area contributed by atoms with E-state index in [0.717, 1.165) is 11.1 Å². The Morgan fingerprint density at radius 2 is 1.75 bits per heavy atom. The number of primary sulfonamides is 1. The zero-order valence-corrected chi connectivity index (χ0v) is 14.6. The average molecular weight is 348 g/mol. The van der Waals surface area contributed by atoms with E-state index in [9.17, 15) is 13.2 Å². The molecule has 0 aromatic heterocycles. The Bertz CT molecular complexity index is 876. The molecule has 0 heterocycles. The molecular weight excluding hydrogens is 328 g/mol. The number of anilines is 1. The fourth-order valence-electron chi connectivity index (χ4n) is 2.19. The third-order valence-electron chi connectivity index (χ3n) is 3.48. The van der Waals surface area contributed by atoms with Crippen molar-refractivity contribution in [3.8, 4) is 5.75 Å². The number of nitrogens with two attached hydrogens (primary N) is 1. The van der Waals surface area contributed by atoms with Crippen molar-refractivity contribution < 1.29 is 17.9 Å². The summed E-state index contributed by atoms with van der Waals surface area (Å²) in [6.07, 6.45) is 0. The summed E-state index contributed by atoms with van der Waals surface area (Å²) < 4.78 is 28.5. The molecule has 0 aliphatic heterocycles. The quantitative estimate of drug-likeness (QED) is 0.866. The maximum atomic E-state index is 12.0. The first-order valence-corrected chi connectivity index (χ1v) is 8.85. The van der Waals surface area contributed by atoms with Gasteiger partial charge in [0, 0.05) is 5.69 Å². The fraction of sp³-hybridized carbons (Fsp3) is 0.235. The number of sulfonamides is 1. The van der Waals surface area contributed by atoms with Crippen LogP contribution in [0.5, 0.6) is 5.75 Å². The molecular formula is C17H20N2O4S. The lowest BCUT2D eigenvalue weighted by molar-refractivity contribution is -0.118. The first-order valence-electron chi connectivity index (χ1n) is 7.30. The van der Waals surface area contributed by atoms with Crippen molar-refractivity contribution >= 4 is 21.6 Å². The second-order valence-corrected chi connectivity index (χ2v) is 7.16. The van der Waals surface area contributed by atoms with Crippen molar-refractivity contribution in [1.82, 2.24) is 0 Å². The molecule has 0 radical (unpaired) electrons. The molecule has 0 unspecified atom stereocenters. The zero-order valence-electron chi connectivity index (χ0n) is 13.8. The summed E-state index contributed by atoms with van der Waals surface area (Å²) in [5.74, 6) is 0.249. The Morgan fingerprint density at radius 3 is 2.42 bits per heavy atom. The van der Waals surface area contributed by atoms with Crippen molar-refractivity contribution in [3.05, 3.63) is 53.1 Å². The SMILES string of the molecule is Cc1ccc(C)c(OCC(=O)Nc2ccc(C)c(S(N)(=O)=O)c2)c1. The van der Waals surface area contributed by atoms with E-state index in [-0.39, 0.29) is 17.4 Å². The van der Waals surface area contributed by atoms with Crippen LogP contribution in [0.15, 0.2) is 41.3 Å². The Balaban J connectivity index is 2.06. The van der Waals surface area contributed by atoms with Crippen LogP contribution in [0.4, 0.5) is 5.69 Å². The molecule has 3 N–H and O–H groups in total. The van der Waals surface area contributed by atoms with Gasteiger partial charge in [-0.05, 0) is 55.7 Å². The van der Waals surface area contributed by atoms with E-state index in [0.29, 0.717) is 17.0 Å². The third-order valence-corrected chi connectivity index (χ3v) is 4.53. The number of aryl methyl sites for hydroxylation is 3. The second-order valence-electron chi connectivity index (χ2n) is 5.63. The van der Waals surface area contributed by atoms with Crippen LogP contribution in [0.2, 0.25) is 0 Å². The van der Waals surface area contributed by atoms with E-state index in [1.165, 1.54) is 6.07 Å². The van der Waals surface area contributed by atoms with Gasteiger partial charge in [0.05, 0.1) is 4.90 Å². The molecule has 0 bridgehead atoms. The molecule has 0 saturated heterocycles. The van der Waals surface area contributed by atoms with Crippen LogP contribution in [0.3, 0.4) is 0 Å². The smallest absolute Gasteiger partial charge is 0.262 e. The standard InChI is InChI=1S/C17H20N2O4S/c1-11-4-5-12(2)15(8-11)23-10-17(20)19-14-7-6-13(3)16(9-14)24(18,21)22/h4-9H,10H2,1-3H3,(H,19,20)(H2,18,21,22). The van der Waals surface area contributed by atoms with E-state index in [1.54, 1.807) is 19.1 Å². The van der Waals surface area contributed by atoms with Gasteiger partial charge in [-0.3, -0.25) is 4.79 Å². The van der Waals surface area contributed by atoms with Crippen LogP contribution in [0.25, 0.3) is 0 Å². The molecule has 0 aliphatic carbocycles. The van der Waals surface area contributed by atoms with Gasteiger partial charge in [0.1, 0.15) is 5.75 Å². The lowest BCUT2D eigenvalue weighted by Crippen LogP contribution is -2.21. The monoisotopic (exact) mass is 348 g/mol. The number of nitrogens with one attached hydrogen (secondary N) is 1. The lowest BCUT2D eigenvalue weighted by atomic mass is 10.1. The van der Waals surface area contributed by atoms with E-state index in [1.807, 2.05) is 32.0 Å². The molecule has 0 aliphatic rings. The van der Waals surface area contributed by atoms with Gasteiger partial charge in [0.15, 0.2) is 6.61 Å². The van der Waals surface area contributed by atoms with Crippen LogP contribution in [0, 0.1) is 20.8 Å². The summed E-state index contributed by atoms with van der Waals surface area (Å²) in [5.41, 5.74) is 2.83. The minimum Gasteiger partial charge on any atom is -0.483 e. The molecule has 128 valence electrons. The first kappa shape index (κ1) is 18.0. The highest BCUT2D eigenvalue weighted by Crippen LogP contribution is 2.20. The highest BCUT2D eigenvalue weighted by molar-refractivity contribution is 7.89. The fourth-order valence-corrected chi connectivity index (χ4v) is 3.00. The maximum absolute atomic E-state index is 12.0. The largest absolute Gasteiger partial charge is 0.483 e. The van der Waals surface area contributed by atoms with Crippen molar-refractivity contribution in [2.24, 2.45) is 5.14 Å². The first-order chi connectivity index (χ1) is 11.2. The molecule has 0 saturated carbocycles. The number of ether oxygens (including phenoxy) is 1. The molecule has 6 nitrogen and oxygen atoms in total. The molecule has 7 heteroatoms. The molecule has 0 fully saturated rings. The van der Waals surface area contributed by atoms with Crippen LogP contribution in [-0.2, 0) is 14.8 Å². The third kappa shape index (κ3) is 4.56. The molecule has 0 spiro atoms. The Labute approximate surface area is 141 Å². The minimum absolute atomic E-state index is 0.0178. The number of benzene rings is 2. The van der Waals surface area contributed by atoms with Gasteiger partial charge in [-0.15, -0.1) is 0 Å². The van der Waals surface area contributed by atoms with E-state index in [2.05, 4.69) is 5.32 Å². The Kier molecular flexibility index (Phi) is 5.26. The molecule has 2 aromatic carbocycles. The Hall–Kier alpha value is -2.38. The van der Waals surface area contributed by atoms with Gasteiger partial charge < -0.3 is 10.1 Å². The summed E-state index contributed by atoms with van der Waals surface area (Å²) in [4.78, 5) is 12.0. The van der Waals surface area contributed by atoms with Crippen molar-refractivity contribution in [1.29, 1.82) is 0 Å². The molecule has 2 rings (SSSR count). The summed E-state index contributed by atoms with van der Waals surface area (Å²) in [7, 11) is -3.84. The highest BCUT2D eigenvalue weighted by atomic mass is 32.2. The molecule has 24 heavy (non-hydrogen) atoms. The normalized spacial score (nSPS) is 11.2. The van der Waals surface area contributed by atoms with Gasteiger partial charge in [0.2, 0.25) is 10.0 Å². The predicted octanol–water partition coefficient (Wildman–Crippen LogP) is 2.28. The van der Waals surface area contributed by atoms with Crippen molar-refractivity contribution in [2.45, 2.75) is 25.7 Å². The lowest BCUT2D eigenvalue weighted by Gasteiger charge is -2.11. The predicted molar refractivity (Wildman–Crippen MR) is 92.6 cm³/mol. The molecule has 2 aromatic rings. The average Bonchev–Trinajstić information content (AvgIpc) is 2.49.